The van der Waals surface area contributed by atoms with E-state index in [2.05, 4.69) is 39.9 Å². The number of carbonyl (C=O) groups is 2. The van der Waals surface area contributed by atoms with Crippen molar-refractivity contribution in [3.63, 3.8) is 0 Å². The zero-order valence-corrected chi connectivity index (χ0v) is 33.4. The second-order valence-electron chi connectivity index (χ2n) is 15.2. The first kappa shape index (κ1) is 47.5. The lowest BCUT2D eigenvalue weighted by Gasteiger charge is -2.23. The van der Waals surface area contributed by atoms with Gasteiger partial charge in [-0.2, -0.15) is 0 Å². The normalized spacial score (nSPS) is 11.6. The van der Waals surface area contributed by atoms with Crippen molar-refractivity contribution in [2.75, 3.05) is 32.9 Å². The van der Waals surface area contributed by atoms with Crippen LogP contribution in [0.3, 0.4) is 0 Å². The van der Waals surface area contributed by atoms with Crippen LogP contribution in [0.4, 0.5) is 9.59 Å². The molecule has 49 heavy (non-hydrogen) atoms. The molecule has 7 nitrogen and oxygen atoms in total. The molecule has 0 atom stereocenters. The number of hydrogen-bond donors (Lipinski definition) is 1. The van der Waals surface area contributed by atoms with Crippen LogP contribution in [-0.2, 0) is 18.9 Å². The van der Waals surface area contributed by atoms with Gasteiger partial charge in [0.15, 0.2) is 0 Å². The van der Waals surface area contributed by atoms with Crippen molar-refractivity contribution in [1.82, 2.24) is 5.32 Å². The number of ether oxygens (including phenoxy) is 4. The van der Waals surface area contributed by atoms with Crippen molar-refractivity contribution in [3.05, 3.63) is 0 Å². The maximum absolute atomic E-state index is 12.4. The molecule has 0 unspecified atom stereocenters. The SMILES string of the molecule is CCCCCCCCOC(=O)OCC(C)(C)CCCCCNCCCCCCOC(=O)OC(CCCCCCCC)CCCCCCCC. The molecule has 0 amide bonds. The Morgan fingerprint density at radius 1 is 0.490 bits per heavy atom. The van der Waals surface area contributed by atoms with E-state index in [0.29, 0.717) is 19.8 Å². The van der Waals surface area contributed by atoms with Crippen LogP contribution in [0.1, 0.15) is 214 Å². The largest absolute Gasteiger partial charge is 0.508 e. The predicted octanol–water partition coefficient (Wildman–Crippen LogP) is 13.3. The van der Waals surface area contributed by atoms with Gasteiger partial charge in [-0.3, -0.25) is 0 Å². The summed E-state index contributed by atoms with van der Waals surface area (Å²) in [5.74, 6) is 0. The maximum atomic E-state index is 12.4. The van der Waals surface area contributed by atoms with Gasteiger partial charge in [0.05, 0.1) is 13.2 Å². The Labute approximate surface area is 304 Å². The lowest BCUT2D eigenvalue weighted by atomic mass is 9.88. The van der Waals surface area contributed by atoms with E-state index in [1.54, 1.807) is 0 Å². The van der Waals surface area contributed by atoms with Crippen LogP contribution in [0.15, 0.2) is 0 Å². The fourth-order valence-electron chi connectivity index (χ4n) is 6.16. The van der Waals surface area contributed by atoms with E-state index in [1.165, 1.54) is 96.3 Å². The molecule has 0 rings (SSSR count). The van der Waals surface area contributed by atoms with Gasteiger partial charge in [-0.15, -0.1) is 0 Å². The van der Waals surface area contributed by atoms with Crippen molar-refractivity contribution < 1.29 is 28.5 Å². The van der Waals surface area contributed by atoms with Gasteiger partial charge >= 0.3 is 12.3 Å². The van der Waals surface area contributed by atoms with Gasteiger partial charge in [0.2, 0.25) is 0 Å². The monoisotopic (exact) mass is 698 g/mol. The fourth-order valence-corrected chi connectivity index (χ4v) is 6.16. The quantitative estimate of drug-likeness (QED) is 0.0511. The molecule has 0 aliphatic carbocycles. The van der Waals surface area contributed by atoms with Gasteiger partial charge in [0, 0.05) is 0 Å². The first-order valence-corrected chi connectivity index (χ1v) is 21.2. The Morgan fingerprint density at radius 3 is 1.41 bits per heavy atom. The van der Waals surface area contributed by atoms with E-state index >= 15 is 0 Å². The van der Waals surface area contributed by atoms with E-state index in [0.717, 1.165) is 96.6 Å². The molecule has 0 aliphatic rings. The highest BCUT2D eigenvalue weighted by Gasteiger charge is 2.20. The van der Waals surface area contributed by atoms with Crippen LogP contribution in [-0.4, -0.2) is 51.3 Å². The van der Waals surface area contributed by atoms with Gasteiger partial charge in [-0.1, -0.05) is 157 Å². The van der Waals surface area contributed by atoms with E-state index in [1.807, 2.05) is 0 Å². The summed E-state index contributed by atoms with van der Waals surface area (Å²) in [6.07, 6.45) is 31.8. The second kappa shape index (κ2) is 36.3. The van der Waals surface area contributed by atoms with Crippen molar-refractivity contribution in [3.8, 4) is 0 Å². The van der Waals surface area contributed by atoms with Crippen molar-refractivity contribution >= 4 is 12.3 Å². The average molecular weight is 698 g/mol. The minimum Gasteiger partial charge on any atom is -0.434 e. The maximum Gasteiger partial charge on any atom is 0.508 e. The third-order valence-corrected chi connectivity index (χ3v) is 9.50. The third-order valence-electron chi connectivity index (χ3n) is 9.50. The second-order valence-corrected chi connectivity index (χ2v) is 15.2. The molecule has 0 aromatic rings. The summed E-state index contributed by atoms with van der Waals surface area (Å²) in [5, 5.41) is 3.56. The summed E-state index contributed by atoms with van der Waals surface area (Å²) < 4.78 is 21.8. The molecule has 0 radical (unpaired) electrons. The standard InChI is InChI=1S/C42H83NO6/c1-6-9-12-15-18-24-31-39(32-25-19-16-13-10-7-2)49-41(45)47-37-30-22-20-27-34-43-35-28-23-26-33-42(4,5)38-48-40(44)46-36-29-21-17-14-11-8-3/h39,43H,6-38H2,1-5H3. The van der Waals surface area contributed by atoms with E-state index in [-0.39, 0.29) is 11.5 Å². The molecule has 0 spiro atoms. The molecule has 0 saturated heterocycles. The number of carbonyl (C=O) groups excluding carboxylic acids is 2. The molecule has 292 valence electrons. The highest BCUT2D eigenvalue weighted by molar-refractivity contribution is 5.60. The molecular weight excluding hydrogens is 614 g/mol. The molecule has 0 heterocycles. The minimum atomic E-state index is -0.526. The molecule has 0 aliphatic heterocycles. The molecule has 0 saturated carbocycles. The van der Waals surface area contributed by atoms with Gasteiger partial charge in [0.1, 0.15) is 12.7 Å². The van der Waals surface area contributed by atoms with Crippen molar-refractivity contribution in [2.24, 2.45) is 5.41 Å². The highest BCUT2D eigenvalue weighted by atomic mass is 16.7. The van der Waals surface area contributed by atoms with E-state index in [4.69, 9.17) is 18.9 Å². The van der Waals surface area contributed by atoms with Crippen molar-refractivity contribution in [2.45, 2.75) is 221 Å². The summed E-state index contributed by atoms with van der Waals surface area (Å²) in [4.78, 5) is 24.3. The summed E-state index contributed by atoms with van der Waals surface area (Å²) >= 11 is 0. The van der Waals surface area contributed by atoms with Gasteiger partial charge in [0.25, 0.3) is 0 Å². The smallest absolute Gasteiger partial charge is 0.434 e. The summed E-state index contributed by atoms with van der Waals surface area (Å²) in [6.45, 7) is 14.4. The van der Waals surface area contributed by atoms with Crippen molar-refractivity contribution in [1.29, 1.82) is 0 Å². The molecular formula is C42H83NO6. The van der Waals surface area contributed by atoms with E-state index < -0.39 is 12.3 Å². The van der Waals surface area contributed by atoms with Crippen LogP contribution in [0.5, 0.6) is 0 Å². The van der Waals surface area contributed by atoms with Crippen LogP contribution >= 0.6 is 0 Å². The third kappa shape index (κ3) is 36.1. The molecule has 1 N–H and O–H groups in total. The predicted molar refractivity (Wildman–Crippen MR) is 206 cm³/mol. The Morgan fingerprint density at radius 2 is 0.898 bits per heavy atom. The molecule has 0 aromatic carbocycles. The van der Waals surface area contributed by atoms with Crippen LogP contribution < -0.4 is 5.32 Å². The topological polar surface area (TPSA) is 83.1 Å². The Hall–Kier alpha value is -1.50. The Balaban J connectivity index is 3.79. The first-order valence-electron chi connectivity index (χ1n) is 21.2. The van der Waals surface area contributed by atoms with Gasteiger partial charge in [-0.05, 0) is 76.3 Å². The summed E-state index contributed by atoms with van der Waals surface area (Å²) in [6, 6.07) is 0. The molecule has 7 heteroatoms. The molecule has 0 bridgehead atoms. The Bertz CT molecular complexity index is 699. The molecule has 0 fully saturated rings. The Kier molecular flexibility index (Phi) is 35.2. The molecule has 0 aromatic heterocycles. The summed E-state index contributed by atoms with van der Waals surface area (Å²) in [7, 11) is 0. The van der Waals surface area contributed by atoms with E-state index in [9.17, 15) is 9.59 Å². The number of rotatable bonds is 37. The fraction of sp³-hybridized carbons (Fsp3) is 0.952. The highest BCUT2D eigenvalue weighted by Crippen LogP contribution is 2.24. The summed E-state index contributed by atoms with van der Waals surface area (Å²) in [5.41, 5.74) is -0.0319. The lowest BCUT2D eigenvalue weighted by molar-refractivity contribution is 0.0154. The number of hydrogen-bond acceptors (Lipinski definition) is 7. The van der Waals surface area contributed by atoms with Crippen LogP contribution in [0, 0.1) is 5.41 Å². The minimum absolute atomic E-state index is 0.00609. The average Bonchev–Trinajstić information content (AvgIpc) is 3.08. The van der Waals surface area contributed by atoms with Gasteiger partial charge < -0.3 is 24.3 Å². The number of nitrogens with one attached hydrogen (secondary N) is 1. The van der Waals surface area contributed by atoms with Gasteiger partial charge in [-0.25, -0.2) is 9.59 Å². The number of unbranched alkanes of at least 4 members (excludes halogenated alkanes) is 20. The first-order chi connectivity index (χ1) is 23.8. The van der Waals surface area contributed by atoms with Crippen LogP contribution in [0.2, 0.25) is 0 Å². The zero-order valence-electron chi connectivity index (χ0n) is 33.4. The zero-order chi connectivity index (χ0) is 36.1. The van der Waals surface area contributed by atoms with Crippen LogP contribution in [0.25, 0.3) is 0 Å². The lowest BCUT2D eigenvalue weighted by Crippen LogP contribution is -2.23.